The highest BCUT2D eigenvalue weighted by Crippen LogP contribution is 2.17. The fourth-order valence-electron chi connectivity index (χ4n) is 1.98. The summed E-state index contributed by atoms with van der Waals surface area (Å²) < 4.78 is 5.16. The molecule has 2 N–H and O–H groups in total. The third-order valence-corrected chi connectivity index (χ3v) is 4.28. The smallest absolute Gasteiger partial charge is 0.191 e. The molecule has 0 aliphatic heterocycles. The van der Waals surface area contributed by atoms with Crippen molar-refractivity contribution in [2.75, 3.05) is 14.2 Å². The fraction of sp³-hybridized carbons (Fsp3) is 0.412. The first-order valence-corrected chi connectivity index (χ1v) is 8.52. The van der Waals surface area contributed by atoms with E-state index in [-0.39, 0.29) is 24.0 Å². The topological polar surface area (TPSA) is 58.5 Å². The van der Waals surface area contributed by atoms with E-state index in [1.807, 2.05) is 24.3 Å². The van der Waals surface area contributed by atoms with Crippen molar-refractivity contribution in [1.29, 1.82) is 0 Å². The summed E-state index contributed by atoms with van der Waals surface area (Å²) in [5, 5.41) is 9.78. The van der Waals surface area contributed by atoms with Crippen LogP contribution in [0.25, 0.3) is 0 Å². The van der Waals surface area contributed by atoms with E-state index in [9.17, 15) is 0 Å². The van der Waals surface area contributed by atoms with Crippen molar-refractivity contribution in [1.82, 2.24) is 15.6 Å². The Hall–Kier alpha value is -1.35. The summed E-state index contributed by atoms with van der Waals surface area (Å²) in [6, 6.07) is 7.98. The standard InChI is InChI=1S/C17H24N4OS.HI/c1-12(2)15-11-23-16(21-15)10-20-17(18-3)19-9-13-5-7-14(22-4)8-6-13;/h5-8,11-12H,9-10H2,1-4H3,(H2,18,19,20);1H. The number of methoxy groups -OCH3 is 1. The van der Waals surface area contributed by atoms with E-state index in [1.165, 1.54) is 5.56 Å². The highest BCUT2D eigenvalue weighted by atomic mass is 127. The quantitative estimate of drug-likeness (QED) is 0.392. The van der Waals surface area contributed by atoms with Crippen LogP contribution in [-0.4, -0.2) is 25.1 Å². The molecule has 132 valence electrons. The van der Waals surface area contributed by atoms with Gasteiger partial charge in [-0.25, -0.2) is 4.98 Å². The number of ether oxygens (including phenoxy) is 1. The summed E-state index contributed by atoms with van der Waals surface area (Å²) in [7, 11) is 3.44. The first kappa shape index (κ1) is 20.7. The molecule has 2 aromatic rings. The van der Waals surface area contributed by atoms with Gasteiger partial charge in [0.2, 0.25) is 0 Å². The number of rotatable bonds is 6. The molecule has 2 rings (SSSR count). The van der Waals surface area contributed by atoms with Gasteiger partial charge in [-0.1, -0.05) is 26.0 Å². The minimum absolute atomic E-state index is 0. The highest BCUT2D eigenvalue weighted by molar-refractivity contribution is 14.0. The van der Waals surface area contributed by atoms with Crippen LogP contribution in [-0.2, 0) is 13.1 Å². The average Bonchev–Trinajstić information content (AvgIpc) is 3.05. The van der Waals surface area contributed by atoms with Crippen LogP contribution < -0.4 is 15.4 Å². The largest absolute Gasteiger partial charge is 0.497 e. The summed E-state index contributed by atoms with van der Waals surface area (Å²) in [4.78, 5) is 8.85. The van der Waals surface area contributed by atoms with Crippen molar-refractivity contribution in [3.8, 4) is 5.75 Å². The maximum Gasteiger partial charge on any atom is 0.191 e. The molecular weight excluding hydrogens is 435 g/mol. The highest BCUT2D eigenvalue weighted by Gasteiger charge is 2.06. The SMILES string of the molecule is CN=C(NCc1ccc(OC)cc1)NCc1nc(C(C)C)cs1.I. The van der Waals surface area contributed by atoms with Crippen LogP contribution in [0.1, 0.15) is 36.0 Å². The molecule has 7 heteroatoms. The van der Waals surface area contributed by atoms with Gasteiger partial charge in [-0.2, -0.15) is 0 Å². The van der Waals surface area contributed by atoms with Gasteiger partial charge in [0, 0.05) is 19.0 Å². The Kier molecular flexibility index (Phi) is 9.05. The number of hydrogen-bond donors (Lipinski definition) is 2. The van der Waals surface area contributed by atoms with Gasteiger partial charge in [-0.15, -0.1) is 35.3 Å². The molecule has 0 saturated carbocycles. The number of halogens is 1. The molecule has 0 fully saturated rings. The first-order chi connectivity index (χ1) is 11.1. The summed E-state index contributed by atoms with van der Waals surface area (Å²) >= 11 is 1.68. The van der Waals surface area contributed by atoms with E-state index in [1.54, 1.807) is 25.5 Å². The average molecular weight is 460 g/mol. The van der Waals surface area contributed by atoms with Crippen molar-refractivity contribution in [3.05, 3.63) is 45.9 Å². The molecule has 24 heavy (non-hydrogen) atoms. The van der Waals surface area contributed by atoms with E-state index in [4.69, 9.17) is 4.74 Å². The molecule has 0 unspecified atom stereocenters. The summed E-state index contributed by atoms with van der Waals surface area (Å²) in [5.74, 6) is 2.09. The van der Waals surface area contributed by atoms with Crippen LogP contribution in [0.15, 0.2) is 34.6 Å². The molecule has 0 bridgehead atoms. The molecule has 1 heterocycles. The monoisotopic (exact) mass is 460 g/mol. The Labute approximate surface area is 165 Å². The number of guanidine groups is 1. The van der Waals surface area contributed by atoms with E-state index < -0.39 is 0 Å². The lowest BCUT2D eigenvalue weighted by Crippen LogP contribution is -2.36. The van der Waals surface area contributed by atoms with E-state index in [0.717, 1.165) is 22.4 Å². The Morgan fingerprint density at radius 2 is 1.88 bits per heavy atom. The van der Waals surface area contributed by atoms with Gasteiger partial charge >= 0.3 is 0 Å². The number of aliphatic imine (C=N–C) groups is 1. The Balaban J connectivity index is 0.00000288. The van der Waals surface area contributed by atoms with Crippen LogP contribution in [0, 0.1) is 0 Å². The molecule has 0 radical (unpaired) electrons. The molecule has 1 aromatic heterocycles. The number of hydrogen-bond acceptors (Lipinski definition) is 4. The summed E-state index contributed by atoms with van der Waals surface area (Å²) in [6.45, 7) is 5.70. The van der Waals surface area contributed by atoms with Gasteiger partial charge in [0.15, 0.2) is 5.96 Å². The molecule has 0 aliphatic rings. The summed E-state index contributed by atoms with van der Waals surface area (Å²) in [5.41, 5.74) is 2.32. The second-order valence-corrected chi connectivity index (χ2v) is 6.39. The molecule has 0 saturated heterocycles. The van der Waals surface area contributed by atoms with Crippen molar-refractivity contribution >= 4 is 41.3 Å². The predicted octanol–water partition coefficient (Wildman–Crippen LogP) is 3.76. The Bertz CT molecular complexity index is 640. The van der Waals surface area contributed by atoms with Crippen LogP contribution in [0.2, 0.25) is 0 Å². The van der Waals surface area contributed by atoms with Crippen molar-refractivity contribution < 1.29 is 4.74 Å². The van der Waals surface area contributed by atoms with Crippen LogP contribution in [0.4, 0.5) is 0 Å². The van der Waals surface area contributed by atoms with Crippen molar-refractivity contribution in [2.45, 2.75) is 32.9 Å². The minimum Gasteiger partial charge on any atom is -0.497 e. The lowest BCUT2D eigenvalue weighted by Gasteiger charge is -2.11. The lowest BCUT2D eigenvalue weighted by molar-refractivity contribution is 0.414. The first-order valence-electron chi connectivity index (χ1n) is 7.64. The maximum absolute atomic E-state index is 5.16. The second kappa shape index (κ2) is 10.5. The van der Waals surface area contributed by atoms with Gasteiger partial charge in [-0.05, 0) is 23.6 Å². The van der Waals surface area contributed by atoms with Gasteiger partial charge in [0.25, 0.3) is 0 Å². The van der Waals surface area contributed by atoms with E-state index >= 15 is 0 Å². The molecule has 0 spiro atoms. The van der Waals surface area contributed by atoms with Gasteiger partial charge in [-0.3, -0.25) is 4.99 Å². The normalized spacial score (nSPS) is 11.1. The zero-order valence-electron chi connectivity index (χ0n) is 14.5. The number of thiazole rings is 1. The summed E-state index contributed by atoms with van der Waals surface area (Å²) in [6.07, 6.45) is 0. The fourth-order valence-corrected chi connectivity index (χ4v) is 2.88. The van der Waals surface area contributed by atoms with E-state index in [2.05, 4.69) is 39.8 Å². The number of nitrogens with one attached hydrogen (secondary N) is 2. The minimum atomic E-state index is 0. The van der Waals surface area contributed by atoms with Crippen molar-refractivity contribution in [3.63, 3.8) is 0 Å². The van der Waals surface area contributed by atoms with Gasteiger partial charge in [0.05, 0.1) is 19.3 Å². The number of benzene rings is 1. The molecule has 0 atom stereocenters. The van der Waals surface area contributed by atoms with Crippen LogP contribution in [0.5, 0.6) is 5.75 Å². The molecular formula is C17H25IN4OS. The Morgan fingerprint density at radius 3 is 2.42 bits per heavy atom. The molecule has 0 aliphatic carbocycles. The zero-order chi connectivity index (χ0) is 16.7. The molecule has 5 nitrogen and oxygen atoms in total. The zero-order valence-corrected chi connectivity index (χ0v) is 17.6. The van der Waals surface area contributed by atoms with Crippen molar-refractivity contribution in [2.24, 2.45) is 4.99 Å². The molecule has 1 aromatic carbocycles. The number of aromatic nitrogens is 1. The van der Waals surface area contributed by atoms with E-state index in [0.29, 0.717) is 19.0 Å². The second-order valence-electron chi connectivity index (χ2n) is 5.45. The number of nitrogens with zero attached hydrogens (tertiary/aromatic N) is 2. The lowest BCUT2D eigenvalue weighted by atomic mass is 10.2. The Morgan fingerprint density at radius 1 is 1.21 bits per heavy atom. The van der Waals surface area contributed by atoms with Crippen LogP contribution in [0.3, 0.4) is 0 Å². The third-order valence-electron chi connectivity index (χ3n) is 3.41. The van der Waals surface area contributed by atoms with Gasteiger partial charge < -0.3 is 15.4 Å². The third kappa shape index (κ3) is 6.27. The predicted molar refractivity (Wildman–Crippen MR) is 112 cm³/mol. The van der Waals surface area contributed by atoms with Crippen LogP contribution >= 0.6 is 35.3 Å². The maximum atomic E-state index is 5.16. The molecule has 0 amide bonds. The van der Waals surface area contributed by atoms with Gasteiger partial charge in [0.1, 0.15) is 10.8 Å².